The van der Waals surface area contributed by atoms with Crippen LogP contribution in [0.3, 0.4) is 0 Å². The molecule has 2 atom stereocenters. The van der Waals surface area contributed by atoms with Crippen LogP contribution in [-0.4, -0.2) is 51.7 Å². The molecule has 0 aromatic heterocycles. The summed E-state index contributed by atoms with van der Waals surface area (Å²) in [6.07, 6.45) is 3.21. The molecule has 0 radical (unpaired) electrons. The van der Waals surface area contributed by atoms with E-state index in [1.54, 1.807) is 17.0 Å². The van der Waals surface area contributed by atoms with E-state index in [4.69, 9.17) is 21.7 Å². The number of thiocarbonyl (C=S) groups is 1. The number of aliphatic carboxylic acids is 1. The van der Waals surface area contributed by atoms with Gasteiger partial charge in [0.2, 0.25) is 5.75 Å². The molecule has 8 heteroatoms. The zero-order chi connectivity index (χ0) is 19.4. The van der Waals surface area contributed by atoms with Crippen LogP contribution in [0.15, 0.2) is 17.0 Å². The Hall–Kier alpha value is -1.93. The molecule has 0 spiro atoms. The topological polar surface area (TPSA) is 79.2 Å². The average Bonchev–Trinajstić information content (AvgIpc) is 2.87. The van der Waals surface area contributed by atoms with Crippen LogP contribution in [0.1, 0.15) is 32.3 Å². The molecular weight excluding hydrogens is 374 g/mol. The molecule has 2 N–H and O–H groups in total. The molecule has 1 fully saturated rings. The van der Waals surface area contributed by atoms with Crippen molar-refractivity contribution < 1.29 is 24.5 Å². The van der Waals surface area contributed by atoms with E-state index in [-0.39, 0.29) is 11.8 Å². The normalized spacial score (nSPS) is 19.7. The highest BCUT2D eigenvalue weighted by Gasteiger charge is 2.38. The molecule has 2 rings (SSSR count). The molecule has 0 amide bonds. The van der Waals surface area contributed by atoms with E-state index in [1.807, 2.05) is 19.9 Å². The third-order valence-electron chi connectivity index (χ3n) is 4.24. The van der Waals surface area contributed by atoms with Crippen LogP contribution in [0, 0.1) is 0 Å². The summed E-state index contributed by atoms with van der Waals surface area (Å²) in [5.41, 5.74) is 0.776. The minimum atomic E-state index is -0.865. The summed E-state index contributed by atoms with van der Waals surface area (Å²) in [5.74, 6) is -0.312. The van der Waals surface area contributed by atoms with Crippen molar-refractivity contribution in [2.75, 3.05) is 14.2 Å². The van der Waals surface area contributed by atoms with Crippen LogP contribution < -0.4 is 9.47 Å². The first-order chi connectivity index (χ1) is 12.3. The van der Waals surface area contributed by atoms with E-state index >= 15 is 0 Å². The number of ether oxygens (including phenoxy) is 2. The van der Waals surface area contributed by atoms with Gasteiger partial charge < -0.3 is 24.6 Å². The summed E-state index contributed by atoms with van der Waals surface area (Å²) in [5, 5.41) is 19.6. The van der Waals surface area contributed by atoms with Gasteiger partial charge in [-0.25, -0.2) is 4.79 Å². The second kappa shape index (κ2) is 8.64. The Labute approximate surface area is 162 Å². The molecular formula is C18H23NO5S2. The Balaban J connectivity index is 2.38. The summed E-state index contributed by atoms with van der Waals surface area (Å²) in [6, 6.07) is 2.62. The minimum absolute atomic E-state index is 0.0599. The third-order valence-corrected chi connectivity index (χ3v) is 5.78. The van der Waals surface area contributed by atoms with E-state index in [0.717, 1.165) is 16.9 Å². The molecule has 1 unspecified atom stereocenters. The lowest BCUT2D eigenvalue weighted by molar-refractivity contribution is -0.142. The molecule has 0 saturated carbocycles. The quantitative estimate of drug-likeness (QED) is 0.674. The molecule has 1 heterocycles. The van der Waals surface area contributed by atoms with Gasteiger partial charge in [-0.05, 0) is 37.1 Å². The van der Waals surface area contributed by atoms with Crippen LogP contribution >= 0.6 is 24.0 Å². The van der Waals surface area contributed by atoms with Crippen LogP contribution in [0.5, 0.6) is 17.2 Å². The van der Waals surface area contributed by atoms with Crippen molar-refractivity contribution in [2.45, 2.75) is 38.8 Å². The smallest absolute Gasteiger partial charge is 0.326 e. The first-order valence-electron chi connectivity index (χ1n) is 8.23. The van der Waals surface area contributed by atoms with Crippen molar-refractivity contribution in [1.82, 2.24) is 4.90 Å². The Morgan fingerprint density at radius 1 is 1.38 bits per heavy atom. The predicted octanol–water partition coefficient (Wildman–Crippen LogP) is 3.73. The van der Waals surface area contributed by atoms with Crippen LogP contribution in [0.4, 0.5) is 0 Å². The van der Waals surface area contributed by atoms with E-state index in [2.05, 4.69) is 0 Å². The molecule has 1 saturated heterocycles. The highest BCUT2D eigenvalue weighted by Crippen LogP contribution is 2.41. The molecule has 0 aliphatic carbocycles. The number of carbonyl (C=O) groups is 1. The monoisotopic (exact) mass is 397 g/mol. The number of aromatic hydroxyl groups is 1. The number of phenolic OH excluding ortho intramolecular Hbond substituents is 1. The van der Waals surface area contributed by atoms with Gasteiger partial charge in [-0.1, -0.05) is 37.3 Å². The summed E-state index contributed by atoms with van der Waals surface area (Å²) in [6.45, 7) is 3.90. The summed E-state index contributed by atoms with van der Waals surface area (Å²) in [4.78, 5) is 14.4. The lowest BCUT2D eigenvalue weighted by Crippen LogP contribution is -2.44. The number of nitrogens with zero attached hydrogens (tertiary/aromatic N) is 1. The number of carboxylic acids is 1. The first kappa shape index (κ1) is 20.4. The van der Waals surface area contributed by atoms with Gasteiger partial charge in [0.1, 0.15) is 10.4 Å². The van der Waals surface area contributed by atoms with Gasteiger partial charge in [0.25, 0.3) is 0 Å². The van der Waals surface area contributed by atoms with Crippen molar-refractivity contribution in [3.63, 3.8) is 0 Å². The van der Waals surface area contributed by atoms with Gasteiger partial charge in [0.15, 0.2) is 11.5 Å². The summed E-state index contributed by atoms with van der Waals surface area (Å²) >= 11 is 6.82. The zero-order valence-corrected chi connectivity index (χ0v) is 16.8. The summed E-state index contributed by atoms with van der Waals surface area (Å²) in [7, 11) is 2.94. The molecule has 1 aliphatic heterocycles. The number of thioether (sulfide) groups is 1. The standard InChI is InChI=1S/C18H23NO5S2/c1-5-6-12(17(21)22)19-10(2)15(26-18(19)25)9-11-7-13(23-3)16(20)14(8-11)24-4/h7-10,12,20H,5-6H2,1-4H3,(H,21,22)/b15-9-/t10?,12-/m1/s1. The second-order valence-electron chi connectivity index (χ2n) is 5.91. The van der Waals surface area contributed by atoms with Crippen molar-refractivity contribution in [1.29, 1.82) is 0 Å². The summed E-state index contributed by atoms with van der Waals surface area (Å²) < 4.78 is 10.9. The van der Waals surface area contributed by atoms with Gasteiger partial charge in [-0.15, -0.1) is 0 Å². The van der Waals surface area contributed by atoms with Crippen molar-refractivity contribution in [2.24, 2.45) is 0 Å². The van der Waals surface area contributed by atoms with Gasteiger partial charge in [0, 0.05) is 4.91 Å². The van der Waals surface area contributed by atoms with Gasteiger partial charge in [0.05, 0.1) is 20.3 Å². The molecule has 0 bridgehead atoms. The molecule has 1 aliphatic rings. The van der Waals surface area contributed by atoms with E-state index < -0.39 is 12.0 Å². The number of benzene rings is 1. The van der Waals surface area contributed by atoms with E-state index in [9.17, 15) is 15.0 Å². The fourth-order valence-electron chi connectivity index (χ4n) is 2.90. The van der Waals surface area contributed by atoms with Gasteiger partial charge in [-0.2, -0.15) is 0 Å². The van der Waals surface area contributed by atoms with Crippen molar-refractivity contribution in [3.8, 4) is 17.2 Å². The minimum Gasteiger partial charge on any atom is -0.502 e. The Kier molecular flexibility index (Phi) is 6.77. The molecule has 26 heavy (non-hydrogen) atoms. The lowest BCUT2D eigenvalue weighted by Gasteiger charge is -2.29. The molecule has 6 nitrogen and oxygen atoms in total. The number of carboxylic acid groups (broad SMARTS) is 1. The molecule has 1 aromatic carbocycles. The largest absolute Gasteiger partial charge is 0.502 e. The molecule has 1 aromatic rings. The van der Waals surface area contributed by atoms with Gasteiger partial charge in [-0.3, -0.25) is 0 Å². The fraction of sp³-hybridized carbons (Fsp3) is 0.444. The van der Waals surface area contributed by atoms with Crippen molar-refractivity contribution in [3.05, 3.63) is 22.6 Å². The maximum Gasteiger partial charge on any atom is 0.326 e. The van der Waals surface area contributed by atoms with Crippen LogP contribution in [0.2, 0.25) is 0 Å². The van der Waals surface area contributed by atoms with E-state index in [0.29, 0.717) is 22.2 Å². The Morgan fingerprint density at radius 3 is 2.42 bits per heavy atom. The first-order valence-corrected chi connectivity index (χ1v) is 9.46. The number of methoxy groups -OCH3 is 2. The van der Waals surface area contributed by atoms with Crippen LogP contribution in [-0.2, 0) is 4.79 Å². The maximum atomic E-state index is 11.6. The van der Waals surface area contributed by atoms with Gasteiger partial charge >= 0.3 is 5.97 Å². The maximum absolute atomic E-state index is 11.6. The number of hydrogen-bond acceptors (Lipinski definition) is 6. The SMILES string of the molecule is CCC[C@H](C(=O)O)N1C(=S)S/C(=C\c2cc(OC)c(O)c(OC)c2)C1C. The number of rotatable bonds is 7. The highest BCUT2D eigenvalue weighted by molar-refractivity contribution is 8.26. The van der Waals surface area contributed by atoms with Crippen molar-refractivity contribution >= 4 is 40.3 Å². The second-order valence-corrected chi connectivity index (χ2v) is 7.62. The predicted molar refractivity (Wildman–Crippen MR) is 107 cm³/mol. The van der Waals surface area contributed by atoms with E-state index in [1.165, 1.54) is 26.0 Å². The fourth-order valence-corrected chi connectivity index (χ4v) is 4.54. The molecule has 142 valence electrons. The van der Waals surface area contributed by atoms with Crippen LogP contribution in [0.25, 0.3) is 6.08 Å². The number of hydrogen-bond donors (Lipinski definition) is 2. The third kappa shape index (κ3) is 4.07. The zero-order valence-electron chi connectivity index (χ0n) is 15.2. The Morgan fingerprint density at radius 2 is 1.96 bits per heavy atom. The average molecular weight is 398 g/mol. The Bertz CT molecular complexity index is 709. The highest BCUT2D eigenvalue weighted by atomic mass is 32.2. The lowest BCUT2D eigenvalue weighted by atomic mass is 10.1. The number of phenols is 1.